The van der Waals surface area contributed by atoms with E-state index in [2.05, 4.69) is 11.4 Å². The molecule has 2 N–H and O–H groups in total. The molecule has 0 aromatic carbocycles. The Hall–Kier alpha value is -0.0500. The molecular formula is C9H12ClNS. The normalized spacial score (nSPS) is 19.5. The molecule has 1 fully saturated rings. The van der Waals surface area contributed by atoms with Crippen molar-refractivity contribution >= 4 is 22.9 Å². The first-order valence-corrected chi connectivity index (χ1v) is 5.43. The maximum Gasteiger partial charge on any atom is 0.0931 e. The summed E-state index contributed by atoms with van der Waals surface area (Å²) >= 11 is 7.45. The Bertz CT molecular complexity index is 278. The quantitative estimate of drug-likeness (QED) is 0.800. The van der Waals surface area contributed by atoms with Crippen molar-refractivity contribution in [2.75, 3.05) is 6.54 Å². The van der Waals surface area contributed by atoms with Crippen molar-refractivity contribution < 1.29 is 0 Å². The van der Waals surface area contributed by atoms with Crippen LogP contribution in [-0.4, -0.2) is 6.54 Å². The van der Waals surface area contributed by atoms with E-state index in [0.717, 1.165) is 17.3 Å². The third-order valence-electron chi connectivity index (χ3n) is 2.59. The molecule has 0 aliphatic heterocycles. The Morgan fingerprint density at radius 1 is 1.58 bits per heavy atom. The second kappa shape index (κ2) is 3.02. The van der Waals surface area contributed by atoms with Gasteiger partial charge in [-0.1, -0.05) is 11.6 Å². The van der Waals surface area contributed by atoms with E-state index in [-0.39, 0.29) is 0 Å². The van der Waals surface area contributed by atoms with Crippen molar-refractivity contribution in [1.29, 1.82) is 0 Å². The van der Waals surface area contributed by atoms with Crippen LogP contribution in [0.2, 0.25) is 4.34 Å². The Labute approximate surface area is 81.5 Å². The van der Waals surface area contributed by atoms with Gasteiger partial charge in [0.05, 0.1) is 4.34 Å². The van der Waals surface area contributed by atoms with Gasteiger partial charge in [-0.3, -0.25) is 0 Å². The minimum atomic E-state index is 0.435. The predicted octanol–water partition coefficient (Wildman–Crippen LogP) is 2.68. The van der Waals surface area contributed by atoms with Crippen LogP contribution in [0.15, 0.2) is 11.4 Å². The molecule has 3 heteroatoms. The van der Waals surface area contributed by atoms with Crippen molar-refractivity contribution in [2.45, 2.75) is 19.3 Å². The van der Waals surface area contributed by atoms with Gasteiger partial charge >= 0.3 is 0 Å². The molecule has 1 aromatic heterocycles. The molecule has 1 aliphatic rings. The maximum absolute atomic E-state index is 5.84. The predicted molar refractivity (Wildman–Crippen MR) is 53.8 cm³/mol. The Kier molecular flexibility index (Phi) is 2.15. The Morgan fingerprint density at radius 3 is 2.75 bits per heavy atom. The minimum Gasteiger partial charge on any atom is -0.330 e. The van der Waals surface area contributed by atoms with Crippen LogP contribution < -0.4 is 5.73 Å². The van der Waals surface area contributed by atoms with Crippen LogP contribution in [0, 0.1) is 5.41 Å². The molecule has 0 radical (unpaired) electrons. The smallest absolute Gasteiger partial charge is 0.0931 e. The zero-order valence-corrected chi connectivity index (χ0v) is 8.42. The molecule has 12 heavy (non-hydrogen) atoms. The molecule has 1 nitrogen and oxygen atoms in total. The van der Waals surface area contributed by atoms with Crippen LogP contribution >= 0.6 is 22.9 Å². The van der Waals surface area contributed by atoms with Crippen molar-refractivity contribution in [1.82, 2.24) is 0 Å². The summed E-state index contributed by atoms with van der Waals surface area (Å²) in [6.45, 7) is 0.820. The highest BCUT2D eigenvalue weighted by Crippen LogP contribution is 2.47. The second-order valence-electron chi connectivity index (χ2n) is 3.64. The molecule has 1 heterocycles. The van der Waals surface area contributed by atoms with Crippen LogP contribution in [0.5, 0.6) is 0 Å². The highest BCUT2D eigenvalue weighted by molar-refractivity contribution is 7.14. The summed E-state index contributed by atoms with van der Waals surface area (Å²) < 4.78 is 0.887. The van der Waals surface area contributed by atoms with E-state index in [1.807, 2.05) is 0 Å². The molecule has 0 amide bonds. The number of halogens is 1. The van der Waals surface area contributed by atoms with Gasteiger partial charge in [-0.25, -0.2) is 0 Å². The molecule has 1 aliphatic carbocycles. The van der Waals surface area contributed by atoms with E-state index >= 15 is 0 Å². The van der Waals surface area contributed by atoms with Gasteiger partial charge in [0.15, 0.2) is 0 Å². The standard InChI is InChI=1S/C9H12ClNS/c10-8-3-7(5-12-8)4-9(6-11)1-2-9/h3,5H,1-2,4,6,11H2. The third kappa shape index (κ3) is 1.65. The van der Waals surface area contributed by atoms with E-state index in [4.69, 9.17) is 17.3 Å². The number of nitrogens with two attached hydrogens (primary N) is 1. The van der Waals surface area contributed by atoms with Crippen molar-refractivity contribution in [2.24, 2.45) is 11.1 Å². The lowest BCUT2D eigenvalue weighted by atomic mass is 9.99. The van der Waals surface area contributed by atoms with E-state index in [0.29, 0.717) is 5.41 Å². The Morgan fingerprint density at radius 2 is 2.33 bits per heavy atom. The SMILES string of the molecule is NCC1(Cc2csc(Cl)c2)CC1. The van der Waals surface area contributed by atoms with Gasteiger partial charge in [-0.15, -0.1) is 11.3 Å². The number of rotatable bonds is 3. The van der Waals surface area contributed by atoms with Crippen molar-refractivity contribution in [3.05, 3.63) is 21.3 Å². The van der Waals surface area contributed by atoms with Gasteiger partial charge in [-0.05, 0) is 48.2 Å². The fourth-order valence-electron chi connectivity index (χ4n) is 1.50. The summed E-state index contributed by atoms with van der Waals surface area (Å²) in [6.07, 6.45) is 3.70. The molecule has 0 bridgehead atoms. The van der Waals surface area contributed by atoms with Crippen LogP contribution in [0.1, 0.15) is 18.4 Å². The molecule has 0 saturated heterocycles. The lowest BCUT2D eigenvalue weighted by Gasteiger charge is -2.09. The van der Waals surface area contributed by atoms with Crippen LogP contribution in [0.4, 0.5) is 0 Å². The summed E-state index contributed by atoms with van der Waals surface area (Å²) in [6, 6.07) is 2.06. The van der Waals surface area contributed by atoms with E-state index in [1.165, 1.54) is 18.4 Å². The first-order chi connectivity index (χ1) is 5.74. The zero-order chi connectivity index (χ0) is 8.60. The topological polar surface area (TPSA) is 26.0 Å². The molecule has 0 spiro atoms. The summed E-state index contributed by atoms with van der Waals surface area (Å²) in [7, 11) is 0. The summed E-state index contributed by atoms with van der Waals surface area (Å²) in [4.78, 5) is 0. The number of hydrogen-bond donors (Lipinski definition) is 1. The lowest BCUT2D eigenvalue weighted by molar-refractivity contribution is 0.522. The zero-order valence-electron chi connectivity index (χ0n) is 6.85. The van der Waals surface area contributed by atoms with Gasteiger partial charge in [0.1, 0.15) is 0 Å². The van der Waals surface area contributed by atoms with Crippen LogP contribution in [0.25, 0.3) is 0 Å². The molecule has 1 saturated carbocycles. The highest BCUT2D eigenvalue weighted by atomic mass is 35.5. The van der Waals surface area contributed by atoms with Crippen LogP contribution in [-0.2, 0) is 6.42 Å². The third-order valence-corrected chi connectivity index (χ3v) is 3.73. The molecule has 2 rings (SSSR count). The molecular weight excluding hydrogens is 190 g/mol. The number of hydrogen-bond acceptors (Lipinski definition) is 2. The summed E-state index contributed by atoms with van der Waals surface area (Å²) in [5.41, 5.74) is 7.48. The van der Waals surface area contributed by atoms with E-state index in [9.17, 15) is 0 Å². The van der Waals surface area contributed by atoms with Crippen molar-refractivity contribution in [3.8, 4) is 0 Å². The van der Waals surface area contributed by atoms with Gasteiger partial charge < -0.3 is 5.73 Å². The fraction of sp³-hybridized carbons (Fsp3) is 0.556. The van der Waals surface area contributed by atoms with Crippen molar-refractivity contribution in [3.63, 3.8) is 0 Å². The molecule has 1 aromatic rings. The van der Waals surface area contributed by atoms with Gasteiger partial charge in [0.2, 0.25) is 0 Å². The average Bonchev–Trinajstić information content (AvgIpc) is 2.71. The van der Waals surface area contributed by atoms with E-state index in [1.54, 1.807) is 11.3 Å². The first-order valence-electron chi connectivity index (χ1n) is 4.17. The molecule has 66 valence electrons. The summed E-state index contributed by atoms with van der Waals surface area (Å²) in [5, 5.41) is 2.14. The Balaban J connectivity index is 2.04. The number of thiophene rings is 1. The minimum absolute atomic E-state index is 0.435. The fourth-order valence-corrected chi connectivity index (χ4v) is 2.41. The largest absolute Gasteiger partial charge is 0.330 e. The average molecular weight is 202 g/mol. The highest BCUT2D eigenvalue weighted by Gasteiger charge is 2.40. The molecule has 0 unspecified atom stereocenters. The van der Waals surface area contributed by atoms with Gasteiger partial charge in [0, 0.05) is 0 Å². The molecule has 0 atom stereocenters. The summed E-state index contributed by atoms with van der Waals surface area (Å²) in [5.74, 6) is 0. The first kappa shape index (κ1) is 8.54. The van der Waals surface area contributed by atoms with Gasteiger partial charge in [-0.2, -0.15) is 0 Å². The van der Waals surface area contributed by atoms with E-state index < -0.39 is 0 Å². The lowest BCUT2D eigenvalue weighted by Crippen LogP contribution is -2.17. The van der Waals surface area contributed by atoms with Crippen LogP contribution in [0.3, 0.4) is 0 Å². The monoisotopic (exact) mass is 201 g/mol. The second-order valence-corrected chi connectivity index (χ2v) is 5.18. The van der Waals surface area contributed by atoms with Gasteiger partial charge in [0.25, 0.3) is 0 Å². The maximum atomic E-state index is 5.84.